The first-order valence-electron chi connectivity index (χ1n) is 4.82. The van der Waals surface area contributed by atoms with E-state index in [9.17, 15) is 5.11 Å². The highest BCUT2D eigenvalue weighted by Crippen LogP contribution is 2.23. The molecule has 0 aromatic heterocycles. The fourth-order valence-corrected chi connectivity index (χ4v) is 1.87. The third-order valence-electron chi connectivity index (χ3n) is 2.59. The Hall–Kier alpha value is -0.0800. The zero-order valence-corrected chi connectivity index (χ0v) is 8.67. The maximum atomic E-state index is 9.57. The van der Waals surface area contributed by atoms with Crippen LogP contribution in [0.25, 0.3) is 0 Å². The quantitative estimate of drug-likeness (QED) is 0.597. The summed E-state index contributed by atoms with van der Waals surface area (Å²) in [4.78, 5) is 2.37. The van der Waals surface area contributed by atoms with Crippen LogP contribution in [0.1, 0.15) is 34.1 Å². The van der Waals surface area contributed by atoms with E-state index in [1.54, 1.807) is 0 Å². The summed E-state index contributed by atoms with van der Waals surface area (Å²) in [6.07, 6.45) is 0.847. The van der Waals surface area contributed by atoms with E-state index in [0.717, 1.165) is 19.5 Å². The first-order chi connectivity index (χ1) is 5.39. The van der Waals surface area contributed by atoms with E-state index in [2.05, 4.69) is 32.6 Å². The van der Waals surface area contributed by atoms with E-state index < -0.39 is 0 Å². The van der Waals surface area contributed by atoms with Crippen LogP contribution in [0.5, 0.6) is 0 Å². The van der Waals surface area contributed by atoms with Crippen LogP contribution in [-0.4, -0.2) is 34.7 Å². The second-order valence-electron chi connectivity index (χ2n) is 5.07. The first kappa shape index (κ1) is 10.0. The van der Waals surface area contributed by atoms with Crippen LogP contribution in [0.4, 0.5) is 0 Å². The number of rotatable bonds is 0. The lowest BCUT2D eigenvalue weighted by Gasteiger charge is -2.42. The molecule has 1 saturated heterocycles. The van der Waals surface area contributed by atoms with Gasteiger partial charge in [-0.1, -0.05) is 6.92 Å². The Kier molecular flexibility index (Phi) is 2.79. The fourth-order valence-electron chi connectivity index (χ4n) is 1.87. The van der Waals surface area contributed by atoms with Gasteiger partial charge >= 0.3 is 0 Å². The Morgan fingerprint density at radius 2 is 1.83 bits per heavy atom. The second kappa shape index (κ2) is 3.35. The smallest absolute Gasteiger partial charge is 0.0670 e. The molecular formula is C10H21NO. The molecule has 12 heavy (non-hydrogen) atoms. The van der Waals surface area contributed by atoms with Crippen molar-refractivity contribution in [2.75, 3.05) is 13.1 Å². The summed E-state index contributed by atoms with van der Waals surface area (Å²) in [5.74, 6) is 0.632. The van der Waals surface area contributed by atoms with Crippen molar-refractivity contribution >= 4 is 0 Å². The monoisotopic (exact) mass is 171 g/mol. The summed E-state index contributed by atoms with van der Waals surface area (Å²) in [7, 11) is 0. The summed E-state index contributed by atoms with van der Waals surface area (Å²) >= 11 is 0. The van der Waals surface area contributed by atoms with Crippen molar-refractivity contribution in [1.82, 2.24) is 4.90 Å². The van der Waals surface area contributed by atoms with Gasteiger partial charge in [0.1, 0.15) is 0 Å². The zero-order chi connectivity index (χ0) is 9.35. The molecule has 0 aromatic carbocycles. The summed E-state index contributed by atoms with van der Waals surface area (Å²) in [5.41, 5.74) is 0.204. The fraction of sp³-hybridized carbons (Fsp3) is 1.00. The molecule has 2 heteroatoms. The zero-order valence-electron chi connectivity index (χ0n) is 8.67. The molecule has 0 aromatic rings. The average molecular weight is 171 g/mol. The minimum absolute atomic E-state index is 0.118. The van der Waals surface area contributed by atoms with Gasteiger partial charge in [-0.3, -0.25) is 4.90 Å². The minimum atomic E-state index is -0.118. The lowest BCUT2D eigenvalue weighted by atomic mass is 9.93. The SMILES string of the molecule is C[C@H]1C[C@H](O)CN(C(C)(C)C)C1. The molecule has 0 spiro atoms. The van der Waals surface area contributed by atoms with Gasteiger partial charge in [0.15, 0.2) is 0 Å². The Morgan fingerprint density at radius 3 is 2.25 bits per heavy atom. The number of piperidine rings is 1. The summed E-state index contributed by atoms with van der Waals surface area (Å²) in [5, 5.41) is 9.57. The van der Waals surface area contributed by atoms with Gasteiger partial charge in [0.05, 0.1) is 6.10 Å². The minimum Gasteiger partial charge on any atom is -0.392 e. The maximum Gasteiger partial charge on any atom is 0.0670 e. The first-order valence-corrected chi connectivity index (χ1v) is 4.82. The van der Waals surface area contributed by atoms with Crippen LogP contribution in [0.15, 0.2) is 0 Å². The molecule has 2 nitrogen and oxygen atoms in total. The standard InChI is InChI=1S/C10H21NO/c1-8-5-9(12)7-11(6-8)10(2,3)4/h8-9,12H,5-7H2,1-4H3/t8-,9-/m0/s1. The number of hydrogen-bond donors (Lipinski definition) is 1. The topological polar surface area (TPSA) is 23.5 Å². The average Bonchev–Trinajstić information content (AvgIpc) is 1.82. The van der Waals surface area contributed by atoms with Crippen molar-refractivity contribution < 1.29 is 5.11 Å². The molecule has 0 amide bonds. The molecule has 0 bridgehead atoms. The van der Waals surface area contributed by atoms with Crippen molar-refractivity contribution in [2.45, 2.75) is 45.8 Å². The molecule has 1 aliphatic heterocycles. The Balaban J connectivity index is 2.55. The number of aliphatic hydroxyl groups is 1. The molecule has 0 radical (unpaired) electrons. The third-order valence-corrected chi connectivity index (χ3v) is 2.59. The van der Waals surface area contributed by atoms with Gasteiger partial charge in [-0.2, -0.15) is 0 Å². The highest BCUT2D eigenvalue weighted by molar-refractivity contribution is 4.84. The number of likely N-dealkylation sites (tertiary alicyclic amines) is 1. The van der Waals surface area contributed by atoms with Crippen molar-refractivity contribution in [3.8, 4) is 0 Å². The Labute approximate surface area is 75.6 Å². The molecule has 1 fully saturated rings. The predicted molar refractivity (Wildman–Crippen MR) is 51.1 cm³/mol. The molecule has 1 rings (SSSR count). The third kappa shape index (κ3) is 2.46. The summed E-state index contributed by atoms with van der Waals surface area (Å²) < 4.78 is 0. The maximum absolute atomic E-state index is 9.57. The molecule has 0 aliphatic carbocycles. The van der Waals surface area contributed by atoms with Crippen LogP contribution in [0.3, 0.4) is 0 Å². The largest absolute Gasteiger partial charge is 0.392 e. The number of aliphatic hydroxyl groups excluding tert-OH is 1. The van der Waals surface area contributed by atoms with E-state index in [4.69, 9.17) is 0 Å². The van der Waals surface area contributed by atoms with E-state index >= 15 is 0 Å². The number of β-amino-alcohol motifs (C(OH)–C–C–N with tert-alkyl or cyclic N) is 1. The van der Waals surface area contributed by atoms with Crippen molar-refractivity contribution in [3.63, 3.8) is 0 Å². The normalized spacial score (nSPS) is 33.8. The van der Waals surface area contributed by atoms with E-state index in [0.29, 0.717) is 5.92 Å². The van der Waals surface area contributed by atoms with E-state index in [1.807, 2.05) is 0 Å². The van der Waals surface area contributed by atoms with Crippen LogP contribution >= 0.6 is 0 Å². The molecule has 1 aliphatic rings. The molecular weight excluding hydrogens is 150 g/mol. The van der Waals surface area contributed by atoms with E-state index in [1.165, 1.54) is 0 Å². The predicted octanol–water partition coefficient (Wildman–Crippen LogP) is 1.49. The van der Waals surface area contributed by atoms with E-state index in [-0.39, 0.29) is 11.6 Å². The summed E-state index contributed by atoms with van der Waals surface area (Å²) in [6, 6.07) is 0. The number of hydrogen-bond acceptors (Lipinski definition) is 2. The van der Waals surface area contributed by atoms with Gasteiger partial charge in [-0.25, -0.2) is 0 Å². The Bertz CT molecular complexity index is 140. The van der Waals surface area contributed by atoms with Gasteiger partial charge in [0.2, 0.25) is 0 Å². The van der Waals surface area contributed by atoms with Crippen LogP contribution in [0, 0.1) is 5.92 Å². The molecule has 0 saturated carbocycles. The highest BCUT2D eigenvalue weighted by atomic mass is 16.3. The van der Waals surface area contributed by atoms with Gasteiger partial charge in [-0.15, -0.1) is 0 Å². The van der Waals surface area contributed by atoms with Crippen LogP contribution in [-0.2, 0) is 0 Å². The Morgan fingerprint density at radius 1 is 1.25 bits per heavy atom. The lowest BCUT2D eigenvalue weighted by Crippen LogP contribution is -2.51. The molecule has 1 heterocycles. The van der Waals surface area contributed by atoms with Crippen molar-refractivity contribution in [1.29, 1.82) is 0 Å². The van der Waals surface area contributed by atoms with Crippen LogP contribution < -0.4 is 0 Å². The summed E-state index contributed by atoms with van der Waals surface area (Å²) in [6.45, 7) is 10.8. The van der Waals surface area contributed by atoms with Crippen molar-refractivity contribution in [2.24, 2.45) is 5.92 Å². The molecule has 0 unspecified atom stereocenters. The molecule has 2 atom stereocenters. The number of nitrogens with zero attached hydrogens (tertiary/aromatic N) is 1. The second-order valence-corrected chi connectivity index (χ2v) is 5.07. The van der Waals surface area contributed by atoms with Gasteiger partial charge in [0.25, 0.3) is 0 Å². The lowest BCUT2D eigenvalue weighted by molar-refractivity contribution is -0.000328. The van der Waals surface area contributed by atoms with Crippen LogP contribution in [0.2, 0.25) is 0 Å². The van der Waals surface area contributed by atoms with Gasteiger partial charge in [-0.05, 0) is 33.1 Å². The highest BCUT2D eigenvalue weighted by Gasteiger charge is 2.29. The molecule has 1 N–H and O–H groups in total. The van der Waals surface area contributed by atoms with Crippen molar-refractivity contribution in [3.05, 3.63) is 0 Å². The van der Waals surface area contributed by atoms with Gasteiger partial charge in [0, 0.05) is 18.6 Å². The van der Waals surface area contributed by atoms with Gasteiger partial charge < -0.3 is 5.11 Å². The molecule has 72 valence electrons.